The molecular weight excluding hydrogens is 282 g/mol. The molecule has 1 saturated carbocycles. The Morgan fingerprint density at radius 2 is 2.19 bits per heavy atom. The SMILES string of the molecule is CCS[C@@H]1CC[C@@H](NC(=O)N(C)[C@@H](C)c2ccncc2)C1. The van der Waals surface area contributed by atoms with Gasteiger partial charge < -0.3 is 10.2 Å². The van der Waals surface area contributed by atoms with Crippen molar-refractivity contribution >= 4 is 17.8 Å². The minimum Gasteiger partial charge on any atom is -0.335 e. The molecule has 21 heavy (non-hydrogen) atoms. The van der Waals surface area contributed by atoms with Crippen LogP contribution in [0.5, 0.6) is 0 Å². The predicted octanol–water partition coefficient (Wildman–Crippen LogP) is 3.46. The van der Waals surface area contributed by atoms with Gasteiger partial charge in [0.2, 0.25) is 0 Å². The van der Waals surface area contributed by atoms with Gasteiger partial charge in [0.25, 0.3) is 0 Å². The van der Waals surface area contributed by atoms with Crippen molar-refractivity contribution in [1.82, 2.24) is 15.2 Å². The van der Waals surface area contributed by atoms with Crippen LogP contribution in [0, 0.1) is 0 Å². The third-order valence-electron chi connectivity index (χ3n) is 4.20. The average Bonchev–Trinajstić information content (AvgIpc) is 2.94. The molecule has 0 unspecified atom stereocenters. The van der Waals surface area contributed by atoms with Gasteiger partial charge in [-0.2, -0.15) is 11.8 Å². The van der Waals surface area contributed by atoms with Gasteiger partial charge >= 0.3 is 6.03 Å². The van der Waals surface area contributed by atoms with Crippen molar-refractivity contribution in [3.05, 3.63) is 30.1 Å². The molecule has 4 nitrogen and oxygen atoms in total. The molecule has 1 N–H and O–H groups in total. The van der Waals surface area contributed by atoms with E-state index >= 15 is 0 Å². The van der Waals surface area contributed by atoms with Crippen molar-refractivity contribution in [2.24, 2.45) is 0 Å². The monoisotopic (exact) mass is 307 g/mol. The molecule has 1 aromatic rings. The molecule has 0 spiro atoms. The number of amides is 2. The first-order valence-corrected chi connectivity index (χ1v) is 8.71. The largest absolute Gasteiger partial charge is 0.335 e. The van der Waals surface area contributed by atoms with Crippen LogP contribution in [0.25, 0.3) is 0 Å². The summed E-state index contributed by atoms with van der Waals surface area (Å²) in [6.45, 7) is 4.24. The number of urea groups is 1. The number of nitrogens with zero attached hydrogens (tertiary/aromatic N) is 2. The van der Waals surface area contributed by atoms with Crippen LogP contribution in [-0.4, -0.2) is 40.0 Å². The van der Waals surface area contributed by atoms with E-state index < -0.39 is 0 Å². The highest BCUT2D eigenvalue weighted by molar-refractivity contribution is 7.99. The Kier molecular flexibility index (Phi) is 5.91. The number of thioether (sulfide) groups is 1. The van der Waals surface area contributed by atoms with Crippen molar-refractivity contribution in [2.75, 3.05) is 12.8 Å². The molecule has 1 heterocycles. The number of rotatable bonds is 5. The topological polar surface area (TPSA) is 45.2 Å². The Hall–Kier alpha value is -1.23. The van der Waals surface area contributed by atoms with Gasteiger partial charge in [0.15, 0.2) is 0 Å². The minimum atomic E-state index is 0.0199. The number of aromatic nitrogens is 1. The maximum absolute atomic E-state index is 12.4. The van der Waals surface area contributed by atoms with E-state index in [-0.39, 0.29) is 12.1 Å². The first-order chi connectivity index (χ1) is 10.1. The van der Waals surface area contributed by atoms with Crippen LogP contribution in [-0.2, 0) is 0 Å². The molecule has 5 heteroatoms. The molecule has 3 atom stereocenters. The Balaban J connectivity index is 1.86. The molecule has 1 aromatic heterocycles. The van der Waals surface area contributed by atoms with Crippen molar-refractivity contribution in [3.8, 4) is 0 Å². The van der Waals surface area contributed by atoms with E-state index in [4.69, 9.17) is 0 Å². The summed E-state index contributed by atoms with van der Waals surface area (Å²) >= 11 is 2.01. The standard InChI is InChI=1S/C16H25N3OS/c1-4-21-15-6-5-14(11-15)18-16(20)19(3)12(2)13-7-9-17-10-8-13/h7-10,12,14-15H,4-6,11H2,1-3H3,(H,18,20)/t12-,14+,15+/m0/s1. The van der Waals surface area contributed by atoms with Crippen LogP contribution in [0.15, 0.2) is 24.5 Å². The number of pyridine rings is 1. The maximum atomic E-state index is 12.4. The van der Waals surface area contributed by atoms with Crippen LogP contribution in [0.3, 0.4) is 0 Å². The average molecular weight is 307 g/mol. The zero-order valence-corrected chi connectivity index (χ0v) is 13.9. The van der Waals surface area contributed by atoms with Gasteiger partial charge in [-0.3, -0.25) is 4.98 Å². The van der Waals surface area contributed by atoms with Gasteiger partial charge in [0, 0.05) is 30.7 Å². The van der Waals surface area contributed by atoms with E-state index in [1.54, 1.807) is 17.3 Å². The van der Waals surface area contributed by atoms with E-state index in [0.717, 1.165) is 24.2 Å². The van der Waals surface area contributed by atoms with E-state index in [1.807, 2.05) is 37.9 Å². The van der Waals surface area contributed by atoms with Crippen molar-refractivity contribution in [2.45, 2.75) is 50.4 Å². The molecule has 0 radical (unpaired) electrons. The Morgan fingerprint density at radius 1 is 1.48 bits per heavy atom. The van der Waals surface area contributed by atoms with Crippen molar-refractivity contribution < 1.29 is 4.79 Å². The number of hydrogen-bond acceptors (Lipinski definition) is 3. The summed E-state index contributed by atoms with van der Waals surface area (Å²) in [6, 6.07) is 4.31. The quantitative estimate of drug-likeness (QED) is 0.906. The van der Waals surface area contributed by atoms with Gasteiger partial charge in [-0.25, -0.2) is 4.79 Å². The van der Waals surface area contributed by atoms with Crippen molar-refractivity contribution in [3.63, 3.8) is 0 Å². The van der Waals surface area contributed by atoms with Crippen LogP contribution >= 0.6 is 11.8 Å². The van der Waals surface area contributed by atoms with Crippen LogP contribution in [0.2, 0.25) is 0 Å². The highest BCUT2D eigenvalue weighted by Gasteiger charge is 2.27. The summed E-state index contributed by atoms with van der Waals surface area (Å²) in [5.41, 5.74) is 1.11. The number of carbonyl (C=O) groups is 1. The van der Waals surface area contributed by atoms with Crippen LogP contribution in [0.4, 0.5) is 4.79 Å². The lowest BCUT2D eigenvalue weighted by atomic mass is 10.1. The number of carbonyl (C=O) groups excluding carboxylic acids is 1. The highest BCUT2D eigenvalue weighted by atomic mass is 32.2. The Morgan fingerprint density at radius 3 is 2.86 bits per heavy atom. The molecule has 1 aliphatic carbocycles. The molecular formula is C16H25N3OS. The van der Waals surface area contributed by atoms with E-state index in [1.165, 1.54) is 6.42 Å². The van der Waals surface area contributed by atoms with Gasteiger partial charge in [0.05, 0.1) is 6.04 Å². The van der Waals surface area contributed by atoms with Gasteiger partial charge in [-0.1, -0.05) is 6.92 Å². The fourth-order valence-electron chi connectivity index (χ4n) is 2.78. The molecule has 1 aliphatic rings. The number of nitrogens with one attached hydrogen (secondary N) is 1. The second-order valence-electron chi connectivity index (χ2n) is 5.60. The van der Waals surface area contributed by atoms with Gasteiger partial charge in [0.1, 0.15) is 0 Å². The summed E-state index contributed by atoms with van der Waals surface area (Å²) in [5, 5.41) is 3.89. The Labute approximate surface area is 131 Å². The lowest BCUT2D eigenvalue weighted by molar-refractivity contribution is 0.190. The minimum absolute atomic E-state index is 0.0199. The summed E-state index contributed by atoms with van der Waals surface area (Å²) in [7, 11) is 1.85. The molecule has 0 aromatic carbocycles. The molecule has 2 rings (SSSR count). The third kappa shape index (κ3) is 4.37. The first kappa shape index (κ1) is 16.1. The Bertz CT molecular complexity index is 454. The maximum Gasteiger partial charge on any atom is 0.317 e. The molecule has 0 bridgehead atoms. The lowest BCUT2D eigenvalue weighted by Crippen LogP contribution is -2.43. The second kappa shape index (κ2) is 7.69. The zero-order chi connectivity index (χ0) is 15.2. The van der Waals surface area contributed by atoms with E-state index in [0.29, 0.717) is 11.3 Å². The second-order valence-corrected chi connectivity index (χ2v) is 7.18. The zero-order valence-electron chi connectivity index (χ0n) is 13.1. The van der Waals surface area contributed by atoms with Crippen LogP contribution in [0.1, 0.15) is 44.7 Å². The first-order valence-electron chi connectivity index (χ1n) is 7.66. The normalized spacial score (nSPS) is 22.8. The fourth-order valence-corrected chi connectivity index (χ4v) is 3.92. The highest BCUT2D eigenvalue weighted by Crippen LogP contribution is 2.30. The summed E-state index contributed by atoms with van der Waals surface area (Å²) < 4.78 is 0. The molecule has 1 fully saturated rings. The predicted molar refractivity (Wildman–Crippen MR) is 88.5 cm³/mol. The smallest absolute Gasteiger partial charge is 0.317 e. The van der Waals surface area contributed by atoms with Gasteiger partial charge in [-0.15, -0.1) is 0 Å². The molecule has 2 amide bonds. The molecule has 0 aliphatic heterocycles. The van der Waals surface area contributed by atoms with E-state index in [9.17, 15) is 4.79 Å². The van der Waals surface area contributed by atoms with Gasteiger partial charge in [-0.05, 0) is 49.6 Å². The molecule has 0 saturated heterocycles. The number of hydrogen-bond donors (Lipinski definition) is 1. The third-order valence-corrected chi connectivity index (χ3v) is 5.44. The van der Waals surface area contributed by atoms with Crippen LogP contribution < -0.4 is 5.32 Å². The van der Waals surface area contributed by atoms with Crippen molar-refractivity contribution in [1.29, 1.82) is 0 Å². The lowest BCUT2D eigenvalue weighted by Gasteiger charge is -2.27. The molecule has 116 valence electrons. The van der Waals surface area contributed by atoms with E-state index in [2.05, 4.69) is 17.2 Å². The fraction of sp³-hybridized carbons (Fsp3) is 0.625. The summed E-state index contributed by atoms with van der Waals surface area (Å²) in [4.78, 5) is 18.2. The summed E-state index contributed by atoms with van der Waals surface area (Å²) in [5.74, 6) is 1.16. The summed E-state index contributed by atoms with van der Waals surface area (Å²) in [6.07, 6.45) is 6.94.